The third-order valence-electron chi connectivity index (χ3n) is 2.85. The first-order valence-corrected chi connectivity index (χ1v) is 6.07. The summed E-state index contributed by atoms with van der Waals surface area (Å²) < 4.78 is 40.6. The normalized spacial score (nSPS) is 13.8. The Kier molecular flexibility index (Phi) is 7.52. The van der Waals surface area contributed by atoms with E-state index in [4.69, 9.17) is 5.73 Å². The average molecular weight is 327 g/mol. The molecule has 2 unspecified atom stereocenters. The fraction of sp³-hybridized carbons (Fsp3) is 0.462. The van der Waals surface area contributed by atoms with E-state index in [0.29, 0.717) is 0 Å². The van der Waals surface area contributed by atoms with Crippen LogP contribution in [0.5, 0.6) is 5.75 Å². The number of para-hydroxylation sites is 1. The summed E-state index contributed by atoms with van der Waals surface area (Å²) >= 11 is 0. The monoisotopic (exact) mass is 326 g/mol. The molecule has 1 aromatic rings. The van der Waals surface area contributed by atoms with Gasteiger partial charge in [0.25, 0.3) is 0 Å². The second-order valence-corrected chi connectivity index (χ2v) is 4.52. The van der Waals surface area contributed by atoms with Crippen molar-refractivity contribution in [2.45, 2.75) is 32.8 Å². The summed E-state index contributed by atoms with van der Waals surface area (Å²) in [6.07, 6.45) is -4.76. The number of carbonyl (C=O) groups is 1. The zero-order chi connectivity index (χ0) is 15.3. The van der Waals surface area contributed by atoms with E-state index in [-0.39, 0.29) is 42.2 Å². The Morgan fingerprint density at radius 1 is 1.33 bits per heavy atom. The molecule has 120 valence electrons. The molecule has 0 bridgehead atoms. The molecule has 0 heterocycles. The summed E-state index contributed by atoms with van der Waals surface area (Å²) in [6, 6.07) is 5.31. The van der Waals surface area contributed by atoms with Gasteiger partial charge in [0.15, 0.2) is 0 Å². The molecule has 0 aliphatic carbocycles. The molecular weight excluding hydrogens is 309 g/mol. The minimum Gasteiger partial charge on any atom is -0.405 e. The van der Waals surface area contributed by atoms with Crippen LogP contribution in [0.3, 0.4) is 0 Å². The van der Waals surface area contributed by atoms with E-state index in [1.807, 2.05) is 0 Å². The Labute approximate surface area is 127 Å². The van der Waals surface area contributed by atoms with Crippen LogP contribution < -0.4 is 15.8 Å². The van der Waals surface area contributed by atoms with Crippen LogP contribution in [0.4, 0.5) is 13.2 Å². The lowest BCUT2D eigenvalue weighted by molar-refractivity contribution is -0.274. The molecule has 0 saturated heterocycles. The Balaban J connectivity index is 0.00000400. The van der Waals surface area contributed by atoms with Crippen molar-refractivity contribution in [3.05, 3.63) is 29.8 Å². The van der Waals surface area contributed by atoms with Crippen LogP contribution in [0.1, 0.15) is 19.4 Å². The SMILES string of the molecule is CC(N)C(C)C(=O)NCc1ccccc1OC(F)(F)F.Cl. The van der Waals surface area contributed by atoms with Gasteiger partial charge in [0.2, 0.25) is 5.91 Å². The number of hydrogen-bond acceptors (Lipinski definition) is 3. The first kappa shape index (κ1) is 19.5. The molecule has 0 saturated carbocycles. The average Bonchev–Trinajstić information content (AvgIpc) is 2.34. The molecule has 0 aliphatic heterocycles. The molecular formula is C13H18ClF3N2O2. The van der Waals surface area contributed by atoms with Crippen molar-refractivity contribution in [1.82, 2.24) is 5.32 Å². The van der Waals surface area contributed by atoms with E-state index in [9.17, 15) is 18.0 Å². The summed E-state index contributed by atoms with van der Waals surface area (Å²) in [5.74, 6) is -1.07. The summed E-state index contributed by atoms with van der Waals surface area (Å²) in [4.78, 5) is 11.7. The highest BCUT2D eigenvalue weighted by atomic mass is 35.5. The molecule has 2 atom stereocenters. The van der Waals surface area contributed by atoms with Gasteiger partial charge in [-0.15, -0.1) is 25.6 Å². The van der Waals surface area contributed by atoms with Crippen LogP contribution in [-0.4, -0.2) is 18.3 Å². The number of amides is 1. The van der Waals surface area contributed by atoms with Gasteiger partial charge in [-0.1, -0.05) is 25.1 Å². The molecule has 0 spiro atoms. The second kappa shape index (κ2) is 8.09. The van der Waals surface area contributed by atoms with Gasteiger partial charge in [-0.25, -0.2) is 0 Å². The maximum atomic E-state index is 12.2. The molecule has 8 heteroatoms. The number of rotatable bonds is 5. The van der Waals surface area contributed by atoms with Crippen molar-refractivity contribution in [1.29, 1.82) is 0 Å². The van der Waals surface area contributed by atoms with Crippen molar-refractivity contribution in [2.24, 2.45) is 11.7 Å². The molecule has 3 N–H and O–H groups in total. The van der Waals surface area contributed by atoms with Gasteiger partial charge in [-0.2, -0.15) is 0 Å². The zero-order valence-electron chi connectivity index (χ0n) is 11.6. The summed E-state index contributed by atoms with van der Waals surface area (Å²) in [6.45, 7) is 3.28. The standard InChI is InChI=1S/C13H17F3N2O2.ClH/c1-8(9(2)17)12(19)18-7-10-5-3-4-6-11(10)20-13(14,15)16;/h3-6,8-9H,7,17H2,1-2H3,(H,18,19);1H. The van der Waals surface area contributed by atoms with Crippen molar-refractivity contribution in [3.63, 3.8) is 0 Å². The number of benzene rings is 1. The Morgan fingerprint density at radius 2 is 1.90 bits per heavy atom. The lowest BCUT2D eigenvalue weighted by Crippen LogP contribution is -2.38. The molecule has 0 aliphatic rings. The lowest BCUT2D eigenvalue weighted by atomic mass is 10.0. The van der Waals surface area contributed by atoms with E-state index < -0.39 is 12.3 Å². The number of halogens is 4. The smallest absolute Gasteiger partial charge is 0.405 e. The second-order valence-electron chi connectivity index (χ2n) is 4.52. The largest absolute Gasteiger partial charge is 0.573 e. The molecule has 21 heavy (non-hydrogen) atoms. The van der Waals surface area contributed by atoms with Crippen molar-refractivity contribution in [3.8, 4) is 5.75 Å². The fourth-order valence-electron chi connectivity index (χ4n) is 1.46. The number of nitrogens with one attached hydrogen (secondary N) is 1. The highest BCUT2D eigenvalue weighted by Gasteiger charge is 2.32. The number of alkyl halides is 3. The first-order chi connectivity index (χ1) is 9.20. The van der Waals surface area contributed by atoms with E-state index in [2.05, 4.69) is 10.1 Å². The highest BCUT2D eigenvalue weighted by Crippen LogP contribution is 2.26. The topological polar surface area (TPSA) is 64.4 Å². The zero-order valence-corrected chi connectivity index (χ0v) is 12.4. The third kappa shape index (κ3) is 6.68. The Hall–Kier alpha value is -1.47. The van der Waals surface area contributed by atoms with E-state index in [1.54, 1.807) is 19.9 Å². The third-order valence-corrected chi connectivity index (χ3v) is 2.85. The van der Waals surface area contributed by atoms with Crippen LogP contribution in [0.25, 0.3) is 0 Å². The van der Waals surface area contributed by atoms with Gasteiger partial charge < -0.3 is 15.8 Å². The maximum absolute atomic E-state index is 12.2. The van der Waals surface area contributed by atoms with Gasteiger partial charge in [0.05, 0.1) is 0 Å². The van der Waals surface area contributed by atoms with Crippen LogP contribution in [0, 0.1) is 5.92 Å². The van der Waals surface area contributed by atoms with Gasteiger partial charge in [0, 0.05) is 24.1 Å². The van der Waals surface area contributed by atoms with Gasteiger partial charge in [-0.05, 0) is 13.0 Å². The Morgan fingerprint density at radius 3 is 2.43 bits per heavy atom. The summed E-state index contributed by atoms with van der Waals surface area (Å²) in [5.41, 5.74) is 5.83. The molecule has 0 aromatic heterocycles. The van der Waals surface area contributed by atoms with Crippen LogP contribution in [0.2, 0.25) is 0 Å². The maximum Gasteiger partial charge on any atom is 0.573 e. The molecule has 4 nitrogen and oxygen atoms in total. The first-order valence-electron chi connectivity index (χ1n) is 6.07. The molecule has 1 aromatic carbocycles. The van der Waals surface area contributed by atoms with Crippen molar-refractivity contribution >= 4 is 18.3 Å². The van der Waals surface area contributed by atoms with E-state index >= 15 is 0 Å². The number of hydrogen-bond donors (Lipinski definition) is 2. The minimum atomic E-state index is -4.76. The molecule has 0 fully saturated rings. The quantitative estimate of drug-likeness (QED) is 0.874. The van der Waals surface area contributed by atoms with Crippen LogP contribution in [-0.2, 0) is 11.3 Å². The van der Waals surface area contributed by atoms with E-state index in [1.165, 1.54) is 18.2 Å². The van der Waals surface area contributed by atoms with Crippen molar-refractivity contribution in [2.75, 3.05) is 0 Å². The minimum absolute atomic E-state index is 0. The molecule has 0 radical (unpaired) electrons. The molecule has 1 amide bonds. The van der Waals surface area contributed by atoms with E-state index in [0.717, 1.165) is 0 Å². The highest BCUT2D eigenvalue weighted by molar-refractivity contribution is 5.85. The van der Waals surface area contributed by atoms with Gasteiger partial charge in [0.1, 0.15) is 5.75 Å². The van der Waals surface area contributed by atoms with Crippen LogP contribution in [0.15, 0.2) is 24.3 Å². The van der Waals surface area contributed by atoms with Gasteiger partial charge in [-0.3, -0.25) is 4.79 Å². The van der Waals surface area contributed by atoms with Gasteiger partial charge >= 0.3 is 6.36 Å². The predicted octanol–water partition coefficient (Wildman–Crippen LogP) is 2.61. The number of ether oxygens (including phenoxy) is 1. The Bertz CT molecular complexity index is 467. The summed E-state index contributed by atoms with van der Waals surface area (Å²) in [5, 5.41) is 2.54. The molecule has 1 rings (SSSR count). The predicted molar refractivity (Wildman–Crippen MR) is 75.0 cm³/mol. The van der Waals surface area contributed by atoms with Crippen molar-refractivity contribution < 1.29 is 22.7 Å². The lowest BCUT2D eigenvalue weighted by Gasteiger charge is -2.17. The number of carbonyl (C=O) groups excluding carboxylic acids is 1. The number of nitrogens with two attached hydrogens (primary N) is 1. The van der Waals surface area contributed by atoms with Crippen LogP contribution >= 0.6 is 12.4 Å². The summed E-state index contributed by atoms with van der Waals surface area (Å²) in [7, 11) is 0. The fourth-order valence-corrected chi connectivity index (χ4v) is 1.46.